The standard InChI is InChI=1S/C18H21F2N3O.C12H6F2N2O2/c1-10-8-18(2,3)12-6-5-7-13(14(10)12)21-17(24)11-9-23(4)22-15(11)16(19)20;13-12(14)17-10-3-1-2-8(11(10)18-12)9-6-16-5-7(9)4-15/h5-7,9-10,16H,8H2,1-4H3,(H,21,24);1-3,5-6,16H. The molecule has 1 atom stereocenters. The van der Waals surface area contributed by atoms with Crippen molar-refractivity contribution in [3.63, 3.8) is 0 Å². The minimum absolute atomic E-state index is 0.0393. The molecule has 0 fully saturated rings. The summed E-state index contributed by atoms with van der Waals surface area (Å²) in [4.78, 5) is 15.3. The summed E-state index contributed by atoms with van der Waals surface area (Å²) in [6, 6.07) is 12.3. The van der Waals surface area contributed by atoms with Crippen LogP contribution < -0.4 is 14.8 Å². The van der Waals surface area contributed by atoms with Gasteiger partial charge in [0.1, 0.15) is 11.8 Å². The lowest BCUT2D eigenvalue weighted by Crippen LogP contribution is -2.26. The Hall–Kier alpha value is -4.79. The van der Waals surface area contributed by atoms with E-state index in [0.29, 0.717) is 28.3 Å². The maximum absolute atomic E-state index is 13.1. The number of hydrogen-bond donors (Lipinski definition) is 2. The van der Waals surface area contributed by atoms with Gasteiger partial charge in [-0.1, -0.05) is 45.0 Å². The molecule has 4 aromatic rings. The third-order valence-electron chi connectivity index (χ3n) is 7.29. The molecule has 0 radical (unpaired) electrons. The number of amides is 1. The van der Waals surface area contributed by atoms with E-state index in [1.807, 2.05) is 18.2 Å². The van der Waals surface area contributed by atoms with Gasteiger partial charge in [0.25, 0.3) is 12.3 Å². The number of carbonyl (C=O) groups is 1. The van der Waals surface area contributed by atoms with E-state index < -0.39 is 24.3 Å². The smallest absolute Gasteiger partial charge is 0.395 e. The van der Waals surface area contributed by atoms with E-state index >= 15 is 0 Å². The van der Waals surface area contributed by atoms with Crippen LogP contribution in [0.25, 0.3) is 11.1 Å². The number of aryl methyl sites for hydroxylation is 1. The lowest BCUT2D eigenvalue weighted by Gasteiger charge is -2.19. The number of fused-ring (bicyclic) bond motifs is 2. The zero-order valence-corrected chi connectivity index (χ0v) is 23.1. The van der Waals surface area contributed by atoms with Gasteiger partial charge in [-0.05, 0) is 41.0 Å². The van der Waals surface area contributed by atoms with Crippen LogP contribution in [-0.4, -0.2) is 27.0 Å². The van der Waals surface area contributed by atoms with Gasteiger partial charge in [-0.3, -0.25) is 9.48 Å². The molecule has 8 nitrogen and oxygen atoms in total. The van der Waals surface area contributed by atoms with Gasteiger partial charge < -0.3 is 19.8 Å². The van der Waals surface area contributed by atoms with E-state index in [0.717, 1.165) is 12.0 Å². The number of anilines is 1. The normalized spacial score (nSPS) is 17.3. The number of aromatic amines is 1. The third kappa shape index (κ3) is 5.30. The molecule has 2 aromatic heterocycles. The zero-order chi connectivity index (χ0) is 30.4. The summed E-state index contributed by atoms with van der Waals surface area (Å²) in [6.45, 7) is 6.48. The first-order valence-electron chi connectivity index (χ1n) is 13.0. The summed E-state index contributed by atoms with van der Waals surface area (Å²) in [5.41, 5.74) is 3.69. The van der Waals surface area contributed by atoms with Gasteiger partial charge in [0.05, 0.1) is 11.1 Å². The Labute approximate surface area is 238 Å². The third-order valence-corrected chi connectivity index (χ3v) is 7.29. The van der Waals surface area contributed by atoms with E-state index in [9.17, 15) is 22.4 Å². The second kappa shape index (κ2) is 10.6. The number of alkyl halides is 4. The molecule has 0 bridgehead atoms. The van der Waals surface area contributed by atoms with Crippen molar-refractivity contribution in [1.29, 1.82) is 5.26 Å². The zero-order valence-electron chi connectivity index (χ0n) is 23.1. The average Bonchev–Trinajstić information content (AvgIpc) is 3.67. The monoisotopic (exact) mass is 581 g/mol. The molecule has 1 aliphatic carbocycles. The van der Waals surface area contributed by atoms with Gasteiger partial charge in [0.2, 0.25) is 0 Å². The molecule has 6 rings (SSSR count). The molecule has 1 unspecified atom stereocenters. The molecule has 0 saturated heterocycles. The maximum Gasteiger partial charge on any atom is 0.586 e. The first-order valence-corrected chi connectivity index (χ1v) is 13.0. The molecule has 42 heavy (non-hydrogen) atoms. The Morgan fingerprint density at radius 1 is 1.17 bits per heavy atom. The molecule has 3 heterocycles. The van der Waals surface area contributed by atoms with Gasteiger partial charge in [-0.15, -0.1) is 8.78 Å². The molecule has 0 saturated carbocycles. The van der Waals surface area contributed by atoms with Crippen LogP contribution in [0.2, 0.25) is 0 Å². The Balaban J connectivity index is 0.000000175. The molecule has 1 amide bonds. The molecule has 218 valence electrons. The number of para-hydroxylation sites is 1. The lowest BCUT2D eigenvalue weighted by molar-refractivity contribution is -0.286. The van der Waals surface area contributed by atoms with Crippen LogP contribution in [0, 0.1) is 11.3 Å². The van der Waals surface area contributed by atoms with Crippen molar-refractivity contribution in [3.8, 4) is 28.7 Å². The fourth-order valence-electron chi connectivity index (χ4n) is 5.66. The number of hydrogen-bond acceptors (Lipinski definition) is 5. The van der Waals surface area contributed by atoms with Gasteiger partial charge in [-0.2, -0.15) is 10.4 Å². The quantitative estimate of drug-likeness (QED) is 0.247. The average molecular weight is 582 g/mol. The Kier molecular flexibility index (Phi) is 7.22. The molecule has 1 aliphatic heterocycles. The van der Waals surface area contributed by atoms with E-state index in [2.05, 4.69) is 51.7 Å². The van der Waals surface area contributed by atoms with Crippen LogP contribution in [0.15, 0.2) is 55.0 Å². The van der Waals surface area contributed by atoms with Crippen molar-refractivity contribution < 1.29 is 31.8 Å². The Morgan fingerprint density at radius 2 is 1.90 bits per heavy atom. The number of nitrogens with one attached hydrogen (secondary N) is 2. The molecule has 12 heteroatoms. The minimum Gasteiger partial charge on any atom is -0.395 e. The summed E-state index contributed by atoms with van der Waals surface area (Å²) < 4.78 is 62.2. The van der Waals surface area contributed by atoms with E-state index in [-0.39, 0.29) is 22.5 Å². The van der Waals surface area contributed by atoms with E-state index in [1.54, 1.807) is 18.3 Å². The van der Waals surface area contributed by atoms with Crippen LogP contribution >= 0.6 is 0 Å². The van der Waals surface area contributed by atoms with Crippen LogP contribution in [-0.2, 0) is 12.5 Å². The summed E-state index contributed by atoms with van der Waals surface area (Å²) in [5.74, 6) is -0.347. The number of H-pyrrole nitrogens is 1. The van der Waals surface area contributed by atoms with Gasteiger partial charge >= 0.3 is 6.29 Å². The van der Waals surface area contributed by atoms with Crippen molar-refractivity contribution in [2.45, 2.75) is 51.2 Å². The van der Waals surface area contributed by atoms with E-state index in [1.165, 1.54) is 35.8 Å². The Morgan fingerprint density at radius 3 is 2.62 bits per heavy atom. The molecular weight excluding hydrogens is 554 g/mol. The second-order valence-corrected chi connectivity index (χ2v) is 10.8. The van der Waals surface area contributed by atoms with Crippen molar-refractivity contribution in [2.75, 3.05) is 5.32 Å². The summed E-state index contributed by atoms with van der Waals surface area (Å²) in [5, 5.41) is 15.4. The number of rotatable bonds is 4. The predicted octanol–water partition coefficient (Wildman–Crippen LogP) is 7.27. The number of carbonyl (C=O) groups excluding carboxylic acids is 1. The molecule has 2 aliphatic rings. The Bertz CT molecular complexity index is 1700. The van der Waals surface area contributed by atoms with Crippen LogP contribution in [0.1, 0.15) is 72.3 Å². The maximum atomic E-state index is 13.1. The number of aromatic nitrogens is 3. The van der Waals surface area contributed by atoms with Crippen molar-refractivity contribution >= 4 is 11.6 Å². The highest BCUT2D eigenvalue weighted by molar-refractivity contribution is 6.05. The summed E-state index contributed by atoms with van der Waals surface area (Å²) in [6.07, 6.45) is -1.10. The fourth-order valence-corrected chi connectivity index (χ4v) is 5.66. The predicted molar refractivity (Wildman–Crippen MR) is 146 cm³/mol. The topological polar surface area (TPSA) is 105 Å². The van der Waals surface area contributed by atoms with Crippen LogP contribution in [0.5, 0.6) is 11.5 Å². The van der Waals surface area contributed by atoms with Crippen LogP contribution in [0.3, 0.4) is 0 Å². The largest absolute Gasteiger partial charge is 0.586 e. The highest BCUT2D eigenvalue weighted by Gasteiger charge is 2.44. The number of nitrogens with zero attached hydrogens (tertiary/aromatic N) is 3. The van der Waals surface area contributed by atoms with Gasteiger partial charge in [0, 0.05) is 42.5 Å². The molecule has 2 aromatic carbocycles. The lowest BCUT2D eigenvalue weighted by atomic mass is 9.86. The number of nitriles is 1. The first kappa shape index (κ1) is 28.7. The minimum atomic E-state index is -3.67. The SMILES string of the molecule is CC1CC(C)(C)c2cccc(NC(=O)c3cn(C)nc3C(F)F)c21.N#Cc1c[nH]cc1-c1cccc2c1OC(F)(F)O2. The van der Waals surface area contributed by atoms with Crippen molar-refractivity contribution in [1.82, 2.24) is 14.8 Å². The summed E-state index contributed by atoms with van der Waals surface area (Å²) in [7, 11) is 1.52. The second-order valence-electron chi connectivity index (χ2n) is 10.8. The van der Waals surface area contributed by atoms with Gasteiger partial charge in [-0.25, -0.2) is 8.78 Å². The molecule has 2 N–H and O–H groups in total. The van der Waals surface area contributed by atoms with Crippen molar-refractivity contribution in [3.05, 3.63) is 82.9 Å². The first-order chi connectivity index (χ1) is 19.8. The number of halogens is 4. The van der Waals surface area contributed by atoms with Crippen LogP contribution in [0.4, 0.5) is 23.2 Å². The van der Waals surface area contributed by atoms with E-state index in [4.69, 9.17) is 5.26 Å². The highest BCUT2D eigenvalue weighted by atomic mass is 19.3. The fraction of sp³-hybridized carbons (Fsp3) is 0.300. The number of benzene rings is 2. The molecule has 0 spiro atoms. The summed E-state index contributed by atoms with van der Waals surface area (Å²) >= 11 is 0. The van der Waals surface area contributed by atoms with Gasteiger partial charge in [0.15, 0.2) is 11.5 Å². The number of ether oxygens (including phenoxy) is 2. The highest BCUT2D eigenvalue weighted by Crippen LogP contribution is 2.49. The van der Waals surface area contributed by atoms with Crippen molar-refractivity contribution in [2.24, 2.45) is 7.05 Å². The molecular formula is C30H27F4N5O3.